The van der Waals surface area contributed by atoms with Gasteiger partial charge >= 0.3 is 0 Å². The third kappa shape index (κ3) is 4.27. The van der Waals surface area contributed by atoms with Crippen LogP contribution in [0, 0.1) is 11.7 Å². The van der Waals surface area contributed by atoms with Gasteiger partial charge in [0.1, 0.15) is 5.82 Å². The third-order valence-corrected chi connectivity index (χ3v) is 5.29. The van der Waals surface area contributed by atoms with Gasteiger partial charge in [0.15, 0.2) is 0 Å². The molecule has 21 heavy (non-hydrogen) atoms. The minimum absolute atomic E-state index is 0.137. The number of hydrogen-bond donors (Lipinski definition) is 1. The highest BCUT2D eigenvalue weighted by Gasteiger charge is 2.36. The van der Waals surface area contributed by atoms with Crippen molar-refractivity contribution in [3.8, 4) is 0 Å². The highest BCUT2D eigenvalue weighted by molar-refractivity contribution is 9.10. The molecule has 2 nitrogen and oxygen atoms in total. The molecule has 0 bridgehead atoms. The van der Waals surface area contributed by atoms with Gasteiger partial charge in [-0.05, 0) is 51.1 Å². The molecule has 1 saturated carbocycles. The Hall–Kier alpha value is -0.450. The number of benzene rings is 1. The van der Waals surface area contributed by atoms with Crippen molar-refractivity contribution in [3.63, 3.8) is 0 Å². The maximum atomic E-state index is 13.8. The van der Waals surface area contributed by atoms with Crippen molar-refractivity contribution in [2.75, 3.05) is 20.6 Å². The lowest BCUT2D eigenvalue weighted by molar-refractivity contribution is 0.0749. The van der Waals surface area contributed by atoms with Crippen molar-refractivity contribution in [2.24, 2.45) is 5.92 Å². The molecule has 1 aliphatic carbocycles. The molecule has 2 atom stereocenters. The lowest BCUT2D eigenvalue weighted by Crippen LogP contribution is -2.54. The molecule has 1 aromatic rings. The molecule has 1 aromatic carbocycles. The zero-order chi connectivity index (χ0) is 15.5. The van der Waals surface area contributed by atoms with Crippen LogP contribution in [0.5, 0.6) is 0 Å². The van der Waals surface area contributed by atoms with Crippen LogP contribution in [0.4, 0.5) is 4.39 Å². The van der Waals surface area contributed by atoms with Gasteiger partial charge in [-0.2, -0.15) is 0 Å². The van der Waals surface area contributed by atoms with Crippen LogP contribution in [-0.2, 0) is 6.54 Å². The van der Waals surface area contributed by atoms with E-state index in [0.717, 1.165) is 22.5 Å². The second-order valence-corrected chi connectivity index (χ2v) is 7.58. The van der Waals surface area contributed by atoms with Crippen molar-refractivity contribution in [1.82, 2.24) is 10.2 Å². The summed E-state index contributed by atoms with van der Waals surface area (Å²) < 4.78 is 14.7. The van der Waals surface area contributed by atoms with Gasteiger partial charge in [-0.3, -0.25) is 0 Å². The molecule has 0 aliphatic heterocycles. The average molecular weight is 357 g/mol. The smallest absolute Gasteiger partial charge is 0.127 e. The van der Waals surface area contributed by atoms with Gasteiger partial charge in [0, 0.05) is 28.7 Å². The number of halogens is 2. The monoisotopic (exact) mass is 356 g/mol. The zero-order valence-electron chi connectivity index (χ0n) is 13.3. The van der Waals surface area contributed by atoms with E-state index in [-0.39, 0.29) is 11.4 Å². The van der Waals surface area contributed by atoms with Gasteiger partial charge in [-0.1, -0.05) is 35.7 Å². The molecule has 1 fully saturated rings. The topological polar surface area (TPSA) is 15.3 Å². The molecule has 2 rings (SSSR count). The minimum Gasteiger partial charge on any atom is -0.311 e. The standard InChI is InChI=1S/C17H26BrFN2/c1-13-5-4-8-17(10-13,21(2)3)12-20-11-14-9-15(18)6-7-16(14)19/h6-7,9,13,20H,4-5,8,10-12H2,1-3H3. The van der Waals surface area contributed by atoms with Gasteiger partial charge in [0.2, 0.25) is 0 Å². The Balaban J connectivity index is 1.98. The predicted octanol–water partition coefficient (Wildman–Crippen LogP) is 4.19. The Morgan fingerprint density at radius 3 is 2.86 bits per heavy atom. The number of rotatable bonds is 5. The second-order valence-electron chi connectivity index (χ2n) is 6.66. The fraction of sp³-hybridized carbons (Fsp3) is 0.647. The van der Waals surface area contributed by atoms with Crippen molar-refractivity contribution in [1.29, 1.82) is 0 Å². The quantitative estimate of drug-likeness (QED) is 0.850. The molecule has 118 valence electrons. The van der Waals surface area contributed by atoms with E-state index in [1.54, 1.807) is 6.07 Å². The Morgan fingerprint density at radius 1 is 1.43 bits per heavy atom. The van der Waals surface area contributed by atoms with E-state index in [1.165, 1.54) is 31.7 Å². The summed E-state index contributed by atoms with van der Waals surface area (Å²) in [6.45, 7) is 3.83. The molecular formula is C17H26BrFN2. The Bertz CT molecular complexity index is 478. The van der Waals surface area contributed by atoms with E-state index in [0.29, 0.717) is 6.54 Å². The molecular weight excluding hydrogens is 331 g/mol. The molecule has 0 heterocycles. The number of hydrogen-bond acceptors (Lipinski definition) is 2. The molecule has 2 unspecified atom stereocenters. The SMILES string of the molecule is CC1CCCC(CNCc2cc(Br)ccc2F)(N(C)C)C1. The largest absolute Gasteiger partial charge is 0.311 e. The zero-order valence-corrected chi connectivity index (χ0v) is 14.8. The van der Waals surface area contributed by atoms with E-state index in [2.05, 4.69) is 47.2 Å². The first kappa shape index (κ1) is 16.9. The molecule has 0 aromatic heterocycles. The summed E-state index contributed by atoms with van der Waals surface area (Å²) in [6, 6.07) is 5.11. The predicted molar refractivity (Wildman–Crippen MR) is 89.9 cm³/mol. The van der Waals surface area contributed by atoms with E-state index in [9.17, 15) is 4.39 Å². The summed E-state index contributed by atoms with van der Waals surface area (Å²) in [5.41, 5.74) is 0.933. The lowest BCUT2D eigenvalue weighted by atomic mass is 9.75. The van der Waals surface area contributed by atoms with Crippen molar-refractivity contribution in [2.45, 2.75) is 44.7 Å². The van der Waals surface area contributed by atoms with Gasteiger partial charge in [0.05, 0.1) is 0 Å². The minimum atomic E-state index is -0.137. The van der Waals surface area contributed by atoms with Crippen LogP contribution in [0.3, 0.4) is 0 Å². The molecule has 0 amide bonds. The lowest BCUT2D eigenvalue weighted by Gasteiger charge is -2.45. The van der Waals surface area contributed by atoms with Crippen LogP contribution in [0.1, 0.15) is 38.2 Å². The highest BCUT2D eigenvalue weighted by Crippen LogP contribution is 2.35. The Kier molecular flexibility index (Phi) is 5.81. The fourth-order valence-corrected chi connectivity index (χ4v) is 3.87. The van der Waals surface area contributed by atoms with Crippen molar-refractivity contribution in [3.05, 3.63) is 34.1 Å². The first-order chi connectivity index (χ1) is 9.93. The van der Waals surface area contributed by atoms with Gasteiger partial charge in [-0.15, -0.1) is 0 Å². The normalized spacial score (nSPS) is 26.3. The van der Waals surface area contributed by atoms with Crippen molar-refractivity contribution < 1.29 is 4.39 Å². The summed E-state index contributed by atoms with van der Waals surface area (Å²) in [7, 11) is 4.33. The molecule has 0 spiro atoms. The average Bonchev–Trinajstić information content (AvgIpc) is 2.42. The van der Waals surface area contributed by atoms with Crippen LogP contribution in [0.2, 0.25) is 0 Å². The Labute approximate surface area is 136 Å². The molecule has 1 aliphatic rings. The van der Waals surface area contributed by atoms with Crippen LogP contribution < -0.4 is 5.32 Å². The van der Waals surface area contributed by atoms with Gasteiger partial charge < -0.3 is 10.2 Å². The summed E-state index contributed by atoms with van der Waals surface area (Å²) in [6.07, 6.45) is 5.05. The molecule has 1 N–H and O–H groups in total. The van der Waals surface area contributed by atoms with Gasteiger partial charge in [-0.25, -0.2) is 4.39 Å². The second kappa shape index (κ2) is 7.21. The molecule has 4 heteroatoms. The first-order valence-corrected chi connectivity index (χ1v) is 8.54. The molecule has 0 saturated heterocycles. The third-order valence-electron chi connectivity index (χ3n) is 4.79. The van der Waals surface area contributed by atoms with E-state index in [4.69, 9.17) is 0 Å². The van der Waals surface area contributed by atoms with Crippen LogP contribution in [0.15, 0.2) is 22.7 Å². The molecule has 0 radical (unpaired) electrons. The van der Waals surface area contributed by atoms with E-state index < -0.39 is 0 Å². The van der Waals surface area contributed by atoms with Crippen molar-refractivity contribution >= 4 is 15.9 Å². The first-order valence-electron chi connectivity index (χ1n) is 7.75. The van der Waals surface area contributed by atoms with E-state index >= 15 is 0 Å². The maximum Gasteiger partial charge on any atom is 0.127 e. The summed E-state index contributed by atoms with van der Waals surface area (Å²) >= 11 is 3.40. The van der Waals surface area contributed by atoms with Crippen LogP contribution in [-0.4, -0.2) is 31.1 Å². The van der Waals surface area contributed by atoms with Crippen LogP contribution in [0.25, 0.3) is 0 Å². The number of likely N-dealkylation sites (N-methyl/N-ethyl adjacent to an activating group) is 1. The summed E-state index contributed by atoms with van der Waals surface area (Å²) in [5.74, 6) is 0.632. The van der Waals surface area contributed by atoms with Crippen LogP contribution >= 0.6 is 15.9 Å². The fourth-order valence-electron chi connectivity index (χ4n) is 3.47. The number of nitrogens with one attached hydrogen (secondary N) is 1. The maximum absolute atomic E-state index is 13.8. The summed E-state index contributed by atoms with van der Waals surface area (Å²) in [5, 5.41) is 3.48. The van der Waals surface area contributed by atoms with Gasteiger partial charge in [0.25, 0.3) is 0 Å². The summed E-state index contributed by atoms with van der Waals surface area (Å²) in [4.78, 5) is 2.35. The number of nitrogens with zero attached hydrogens (tertiary/aromatic N) is 1. The highest BCUT2D eigenvalue weighted by atomic mass is 79.9. The Morgan fingerprint density at radius 2 is 2.19 bits per heavy atom. The van der Waals surface area contributed by atoms with E-state index in [1.807, 2.05) is 6.07 Å².